The summed E-state index contributed by atoms with van der Waals surface area (Å²) in [4.78, 5) is 0. The molecule has 0 spiro atoms. The predicted molar refractivity (Wildman–Crippen MR) is 78.6 cm³/mol. The molecule has 4 unspecified atom stereocenters. The van der Waals surface area contributed by atoms with Gasteiger partial charge in [0, 0.05) is 5.41 Å². The molecule has 2 fully saturated rings. The first-order chi connectivity index (χ1) is 9.97. The number of epoxide rings is 1. The number of hydrogen-bond donors (Lipinski definition) is 0. The number of hydrogen-bond acceptors (Lipinski definition) is 1. The maximum atomic E-state index is 15.4. The van der Waals surface area contributed by atoms with Crippen molar-refractivity contribution in [3.8, 4) is 0 Å². The lowest BCUT2D eigenvalue weighted by molar-refractivity contribution is -0.210. The Morgan fingerprint density at radius 2 is 1.48 bits per heavy atom. The van der Waals surface area contributed by atoms with Crippen LogP contribution >= 0.6 is 0 Å². The van der Waals surface area contributed by atoms with E-state index >= 15 is 4.39 Å². The lowest BCUT2D eigenvalue weighted by Gasteiger charge is -2.48. The zero-order valence-corrected chi connectivity index (χ0v) is 14.9. The van der Waals surface area contributed by atoms with Crippen molar-refractivity contribution in [1.29, 1.82) is 0 Å². The van der Waals surface area contributed by atoms with Crippen LogP contribution in [0.3, 0.4) is 0 Å². The number of rotatable bonds is 5. The highest BCUT2D eigenvalue weighted by Crippen LogP contribution is 2.77. The largest absolute Gasteiger partial charge is 0.400 e. The Morgan fingerprint density at radius 1 is 1.04 bits per heavy atom. The van der Waals surface area contributed by atoms with Crippen LogP contribution < -0.4 is 0 Å². The van der Waals surface area contributed by atoms with Gasteiger partial charge in [-0.05, 0) is 24.2 Å². The van der Waals surface area contributed by atoms with Crippen LogP contribution in [0.4, 0.5) is 22.0 Å². The average molecular weight is 342 g/mol. The van der Waals surface area contributed by atoms with Gasteiger partial charge in [-0.2, -0.15) is 13.2 Å². The average Bonchev–Trinajstić information content (AvgIpc) is 3.22. The van der Waals surface area contributed by atoms with Crippen molar-refractivity contribution in [1.82, 2.24) is 0 Å². The number of ether oxygens (including phenoxy) is 1. The molecule has 23 heavy (non-hydrogen) atoms. The molecule has 0 aromatic heterocycles. The predicted octanol–water partition coefficient (Wildman–Crippen LogP) is 5.48. The zero-order valence-electron chi connectivity index (χ0n) is 14.9. The molecule has 0 bridgehead atoms. The van der Waals surface area contributed by atoms with Crippen molar-refractivity contribution < 1.29 is 26.7 Å². The van der Waals surface area contributed by atoms with Crippen LogP contribution in [0.25, 0.3) is 0 Å². The molecule has 4 atom stereocenters. The Hall–Kier alpha value is -0.390. The molecule has 0 aromatic carbocycles. The van der Waals surface area contributed by atoms with Gasteiger partial charge in [-0.15, -0.1) is 0 Å². The third-order valence-corrected chi connectivity index (χ3v) is 6.82. The molecule has 1 aliphatic heterocycles. The van der Waals surface area contributed by atoms with Crippen molar-refractivity contribution >= 4 is 0 Å². The summed E-state index contributed by atoms with van der Waals surface area (Å²) in [5, 5.41) is 0. The van der Waals surface area contributed by atoms with E-state index in [9.17, 15) is 17.6 Å². The SMILES string of the molecule is CC(C)(CC(C)(C)C(C)(C)C1(F)C(F)C1(C)C(F)(F)F)C1CO1. The maximum absolute atomic E-state index is 15.4. The molecule has 1 nitrogen and oxygen atoms in total. The molecule has 136 valence electrons. The first-order valence-electron chi connectivity index (χ1n) is 7.98. The third-order valence-electron chi connectivity index (χ3n) is 6.82. The number of halogens is 5. The van der Waals surface area contributed by atoms with E-state index in [2.05, 4.69) is 0 Å². The van der Waals surface area contributed by atoms with Crippen LogP contribution in [0.15, 0.2) is 0 Å². The Bertz CT molecular complexity index is 492. The molecule has 1 heterocycles. The fourth-order valence-electron chi connectivity index (χ4n) is 4.30. The van der Waals surface area contributed by atoms with Gasteiger partial charge in [0.1, 0.15) is 5.41 Å². The summed E-state index contributed by atoms with van der Waals surface area (Å²) in [5.41, 5.74) is -8.50. The zero-order chi connectivity index (χ0) is 18.3. The van der Waals surface area contributed by atoms with E-state index in [-0.39, 0.29) is 11.5 Å². The molecule has 2 aliphatic rings. The molecule has 1 saturated heterocycles. The van der Waals surface area contributed by atoms with Crippen molar-refractivity contribution in [3.63, 3.8) is 0 Å². The Labute approximate surface area is 135 Å². The van der Waals surface area contributed by atoms with E-state index in [4.69, 9.17) is 4.74 Å². The van der Waals surface area contributed by atoms with Crippen LogP contribution in [0.1, 0.15) is 54.9 Å². The molecule has 2 rings (SSSR count). The van der Waals surface area contributed by atoms with Gasteiger partial charge in [-0.3, -0.25) is 0 Å². The summed E-state index contributed by atoms with van der Waals surface area (Å²) in [5.74, 6) is 0. The molecule has 1 saturated carbocycles. The molecule has 1 aliphatic carbocycles. The molecule has 0 amide bonds. The monoisotopic (exact) mass is 342 g/mol. The topological polar surface area (TPSA) is 12.5 Å². The maximum Gasteiger partial charge on any atom is 0.400 e. The Kier molecular flexibility index (Phi) is 3.80. The normalized spacial score (nSPS) is 38.6. The highest BCUT2D eigenvalue weighted by molar-refractivity contribution is 5.33. The minimum atomic E-state index is -4.91. The molecular weight excluding hydrogens is 315 g/mol. The van der Waals surface area contributed by atoms with Gasteiger partial charge in [0.25, 0.3) is 0 Å². The Morgan fingerprint density at radius 3 is 1.78 bits per heavy atom. The van der Waals surface area contributed by atoms with Gasteiger partial charge in [0.2, 0.25) is 0 Å². The molecule has 0 N–H and O–H groups in total. The summed E-state index contributed by atoms with van der Waals surface area (Å²) >= 11 is 0. The number of alkyl halides is 5. The summed E-state index contributed by atoms with van der Waals surface area (Å²) in [6.45, 7) is 11.5. The second-order valence-electron chi connectivity index (χ2n) is 9.27. The van der Waals surface area contributed by atoms with Gasteiger partial charge in [0.05, 0.1) is 12.7 Å². The van der Waals surface area contributed by atoms with Gasteiger partial charge < -0.3 is 4.74 Å². The highest BCUT2D eigenvalue weighted by Gasteiger charge is 2.92. The summed E-state index contributed by atoms with van der Waals surface area (Å²) in [6, 6.07) is 0. The van der Waals surface area contributed by atoms with E-state index in [1.807, 2.05) is 13.8 Å². The van der Waals surface area contributed by atoms with E-state index < -0.39 is 34.3 Å². The van der Waals surface area contributed by atoms with Gasteiger partial charge >= 0.3 is 6.18 Å². The fourth-order valence-corrected chi connectivity index (χ4v) is 4.30. The quantitative estimate of drug-likeness (QED) is 0.476. The second kappa shape index (κ2) is 4.61. The van der Waals surface area contributed by atoms with Crippen LogP contribution in [0.5, 0.6) is 0 Å². The van der Waals surface area contributed by atoms with E-state index in [1.54, 1.807) is 13.8 Å². The summed E-state index contributed by atoms with van der Waals surface area (Å²) in [6.07, 6.45) is -6.97. The van der Waals surface area contributed by atoms with Crippen LogP contribution in [-0.2, 0) is 4.74 Å². The highest BCUT2D eigenvalue weighted by atomic mass is 19.4. The molecular formula is C17H27F5O. The summed E-state index contributed by atoms with van der Waals surface area (Å²) < 4.78 is 74.7. The minimum Gasteiger partial charge on any atom is -0.373 e. The Balaban J connectivity index is 2.34. The lowest BCUT2D eigenvalue weighted by Crippen LogP contribution is -2.49. The van der Waals surface area contributed by atoms with Crippen LogP contribution in [0, 0.1) is 21.7 Å². The molecule has 0 radical (unpaired) electrons. The van der Waals surface area contributed by atoms with Crippen molar-refractivity contribution in [2.75, 3.05) is 6.61 Å². The van der Waals surface area contributed by atoms with Crippen molar-refractivity contribution in [2.24, 2.45) is 21.7 Å². The van der Waals surface area contributed by atoms with E-state index in [0.717, 1.165) is 0 Å². The molecule has 6 heteroatoms. The smallest absolute Gasteiger partial charge is 0.373 e. The lowest BCUT2D eigenvalue weighted by atomic mass is 9.57. The molecule has 0 aromatic rings. The van der Waals surface area contributed by atoms with Crippen molar-refractivity contribution in [2.45, 2.75) is 79.0 Å². The standard InChI is InChI=1S/C17H27F5O/c1-12(2,10-8-23-10)9-13(3,4)14(5,6)16(19)11(18)15(16,7)17(20,21)22/h10-11H,8-9H2,1-7H3. The van der Waals surface area contributed by atoms with Gasteiger partial charge in [-0.1, -0.05) is 41.5 Å². The van der Waals surface area contributed by atoms with Crippen molar-refractivity contribution in [3.05, 3.63) is 0 Å². The third kappa shape index (κ3) is 2.26. The van der Waals surface area contributed by atoms with Gasteiger partial charge in [0.15, 0.2) is 11.8 Å². The minimum absolute atomic E-state index is 0.0301. The first kappa shape index (κ1) is 18.9. The van der Waals surface area contributed by atoms with E-state index in [0.29, 0.717) is 20.0 Å². The second-order valence-corrected chi connectivity index (χ2v) is 9.27. The fraction of sp³-hybridized carbons (Fsp3) is 1.00. The first-order valence-corrected chi connectivity index (χ1v) is 7.98. The van der Waals surface area contributed by atoms with Crippen LogP contribution in [0.2, 0.25) is 0 Å². The van der Waals surface area contributed by atoms with Gasteiger partial charge in [-0.25, -0.2) is 8.78 Å². The van der Waals surface area contributed by atoms with Crippen LogP contribution in [-0.4, -0.2) is 30.7 Å². The van der Waals surface area contributed by atoms with E-state index in [1.165, 1.54) is 13.8 Å². The summed E-state index contributed by atoms with van der Waals surface area (Å²) in [7, 11) is 0.